The zero-order valence-electron chi connectivity index (χ0n) is 13.3. The minimum Gasteiger partial charge on any atom is -0.486 e. The van der Waals surface area contributed by atoms with Crippen LogP contribution in [0.15, 0.2) is 18.2 Å². The SMILES string of the molecule is CCC(NCC(O)(CC)CC)c1ccc2c(c1)OCCO2. The van der Waals surface area contributed by atoms with Gasteiger partial charge in [0.05, 0.1) is 5.60 Å². The molecule has 2 rings (SSSR count). The van der Waals surface area contributed by atoms with Gasteiger partial charge in [-0.25, -0.2) is 0 Å². The van der Waals surface area contributed by atoms with Gasteiger partial charge in [0.2, 0.25) is 0 Å². The smallest absolute Gasteiger partial charge is 0.161 e. The molecule has 21 heavy (non-hydrogen) atoms. The van der Waals surface area contributed by atoms with Crippen LogP contribution in [0.1, 0.15) is 51.6 Å². The molecule has 0 saturated carbocycles. The van der Waals surface area contributed by atoms with Gasteiger partial charge < -0.3 is 19.9 Å². The average molecular weight is 293 g/mol. The van der Waals surface area contributed by atoms with Gasteiger partial charge in [-0.15, -0.1) is 0 Å². The van der Waals surface area contributed by atoms with Crippen molar-refractivity contribution in [1.82, 2.24) is 5.32 Å². The van der Waals surface area contributed by atoms with Gasteiger partial charge in [0.25, 0.3) is 0 Å². The Hall–Kier alpha value is -1.26. The second kappa shape index (κ2) is 7.14. The Morgan fingerprint density at radius 1 is 1.14 bits per heavy atom. The highest BCUT2D eigenvalue weighted by atomic mass is 16.6. The van der Waals surface area contributed by atoms with Crippen molar-refractivity contribution in [3.05, 3.63) is 23.8 Å². The molecule has 1 aromatic carbocycles. The highest BCUT2D eigenvalue weighted by Crippen LogP contribution is 2.33. The van der Waals surface area contributed by atoms with Gasteiger partial charge in [-0.05, 0) is 37.0 Å². The number of benzene rings is 1. The van der Waals surface area contributed by atoms with Crippen LogP contribution in [0.4, 0.5) is 0 Å². The first-order chi connectivity index (χ1) is 10.1. The summed E-state index contributed by atoms with van der Waals surface area (Å²) in [5.74, 6) is 1.64. The summed E-state index contributed by atoms with van der Waals surface area (Å²) in [5.41, 5.74) is 0.553. The number of fused-ring (bicyclic) bond motifs is 1. The Bertz CT molecular complexity index is 457. The predicted octanol–water partition coefficient (Wildman–Crippen LogP) is 3.05. The van der Waals surface area contributed by atoms with Crippen molar-refractivity contribution in [2.45, 2.75) is 51.7 Å². The van der Waals surface area contributed by atoms with Crippen LogP contribution in [0.25, 0.3) is 0 Å². The Labute approximate surface area is 127 Å². The summed E-state index contributed by atoms with van der Waals surface area (Å²) in [6.07, 6.45) is 2.48. The van der Waals surface area contributed by atoms with E-state index in [1.807, 2.05) is 26.0 Å². The molecule has 0 amide bonds. The van der Waals surface area contributed by atoms with E-state index in [0.717, 1.165) is 30.8 Å². The van der Waals surface area contributed by atoms with E-state index in [1.165, 1.54) is 5.56 Å². The lowest BCUT2D eigenvalue weighted by Crippen LogP contribution is -2.40. The summed E-state index contributed by atoms with van der Waals surface area (Å²) >= 11 is 0. The molecule has 1 atom stereocenters. The third-order valence-electron chi connectivity index (χ3n) is 4.37. The van der Waals surface area contributed by atoms with Gasteiger partial charge in [-0.1, -0.05) is 26.8 Å². The zero-order valence-corrected chi connectivity index (χ0v) is 13.3. The quantitative estimate of drug-likeness (QED) is 0.811. The van der Waals surface area contributed by atoms with Crippen LogP contribution in [0.5, 0.6) is 11.5 Å². The van der Waals surface area contributed by atoms with Gasteiger partial charge in [0.1, 0.15) is 13.2 Å². The molecule has 118 valence electrons. The number of hydrogen-bond donors (Lipinski definition) is 2. The monoisotopic (exact) mass is 293 g/mol. The number of rotatable bonds is 7. The molecule has 1 heterocycles. The van der Waals surface area contributed by atoms with Crippen LogP contribution in [-0.2, 0) is 0 Å². The van der Waals surface area contributed by atoms with Crippen molar-refractivity contribution >= 4 is 0 Å². The van der Waals surface area contributed by atoms with E-state index in [0.29, 0.717) is 19.8 Å². The summed E-state index contributed by atoms with van der Waals surface area (Å²) in [6.45, 7) is 8.01. The minimum atomic E-state index is -0.624. The molecule has 0 saturated heterocycles. The Morgan fingerprint density at radius 3 is 2.43 bits per heavy atom. The third-order valence-corrected chi connectivity index (χ3v) is 4.37. The summed E-state index contributed by atoms with van der Waals surface area (Å²) in [6, 6.07) is 6.31. The number of hydrogen-bond acceptors (Lipinski definition) is 4. The lowest BCUT2D eigenvalue weighted by Gasteiger charge is -2.29. The van der Waals surface area contributed by atoms with Crippen molar-refractivity contribution in [3.8, 4) is 11.5 Å². The van der Waals surface area contributed by atoms with E-state index in [1.54, 1.807) is 0 Å². The van der Waals surface area contributed by atoms with E-state index < -0.39 is 5.60 Å². The summed E-state index contributed by atoms with van der Waals surface area (Å²) in [4.78, 5) is 0. The standard InChI is InChI=1S/C17H27NO3/c1-4-14(18-12-17(19,5-2)6-3)13-7-8-15-16(11-13)21-10-9-20-15/h7-8,11,14,18-19H,4-6,9-10,12H2,1-3H3. The van der Waals surface area contributed by atoms with Gasteiger partial charge in [-0.3, -0.25) is 0 Å². The van der Waals surface area contributed by atoms with E-state index in [4.69, 9.17) is 9.47 Å². The maximum Gasteiger partial charge on any atom is 0.161 e. The Balaban J connectivity index is 2.07. The molecule has 0 bridgehead atoms. The molecule has 0 fully saturated rings. The molecule has 1 aromatic rings. The first-order valence-electron chi connectivity index (χ1n) is 7.97. The second-order valence-corrected chi connectivity index (χ2v) is 5.68. The molecule has 1 aliphatic rings. The molecule has 0 aliphatic carbocycles. The van der Waals surface area contributed by atoms with Crippen molar-refractivity contribution in [1.29, 1.82) is 0 Å². The van der Waals surface area contributed by atoms with Gasteiger partial charge >= 0.3 is 0 Å². The molecule has 4 nitrogen and oxygen atoms in total. The molecular weight excluding hydrogens is 266 g/mol. The van der Waals surface area contributed by atoms with E-state index in [9.17, 15) is 5.11 Å². The highest BCUT2D eigenvalue weighted by molar-refractivity contribution is 5.44. The fourth-order valence-corrected chi connectivity index (χ4v) is 2.59. The second-order valence-electron chi connectivity index (χ2n) is 5.68. The van der Waals surface area contributed by atoms with Crippen LogP contribution in [0.3, 0.4) is 0 Å². The fourth-order valence-electron chi connectivity index (χ4n) is 2.59. The molecular formula is C17H27NO3. The third kappa shape index (κ3) is 3.89. The summed E-state index contributed by atoms with van der Waals surface area (Å²) in [7, 11) is 0. The fraction of sp³-hybridized carbons (Fsp3) is 0.647. The molecule has 0 aromatic heterocycles. The van der Waals surface area contributed by atoms with Crippen LogP contribution >= 0.6 is 0 Å². The lowest BCUT2D eigenvalue weighted by atomic mass is 9.96. The number of aliphatic hydroxyl groups is 1. The first kappa shape index (κ1) is 16.1. The van der Waals surface area contributed by atoms with Crippen LogP contribution in [0, 0.1) is 0 Å². The van der Waals surface area contributed by atoms with Crippen molar-refractivity contribution in [3.63, 3.8) is 0 Å². The lowest BCUT2D eigenvalue weighted by molar-refractivity contribution is 0.0297. The average Bonchev–Trinajstić information content (AvgIpc) is 2.55. The molecule has 4 heteroatoms. The van der Waals surface area contributed by atoms with Crippen molar-refractivity contribution in [2.75, 3.05) is 19.8 Å². The normalized spacial score (nSPS) is 15.8. The van der Waals surface area contributed by atoms with Crippen LogP contribution in [0.2, 0.25) is 0 Å². The molecule has 1 unspecified atom stereocenters. The molecule has 1 aliphatic heterocycles. The number of nitrogens with one attached hydrogen (secondary N) is 1. The largest absolute Gasteiger partial charge is 0.486 e. The zero-order chi connectivity index (χ0) is 15.3. The van der Waals surface area contributed by atoms with E-state index in [2.05, 4.69) is 18.3 Å². The Morgan fingerprint density at radius 2 is 1.81 bits per heavy atom. The van der Waals surface area contributed by atoms with Gasteiger partial charge in [0, 0.05) is 12.6 Å². The predicted molar refractivity (Wildman–Crippen MR) is 84.0 cm³/mol. The summed E-state index contributed by atoms with van der Waals surface area (Å²) in [5, 5.41) is 13.9. The molecule has 0 spiro atoms. The van der Waals surface area contributed by atoms with Gasteiger partial charge in [0.15, 0.2) is 11.5 Å². The van der Waals surface area contributed by atoms with E-state index >= 15 is 0 Å². The van der Waals surface area contributed by atoms with E-state index in [-0.39, 0.29) is 6.04 Å². The van der Waals surface area contributed by atoms with Crippen LogP contribution in [-0.4, -0.2) is 30.5 Å². The van der Waals surface area contributed by atoms with Crippen molar-refractivity contribution in [2.24, 2.45) is 0 Å². The van der Waals surface area contributed by atoms with Crippen LogP contribution < -0.4 is 14.8 Å². The minimum absolute atomic E-state index is 0.213. The maximum absolute atomic E-state index is 10.4. The molecule has 2 N–H and O–H groups in total. The Kier molecular flexibility index (Phi) is 5.48. The van der Waals surface area contributed by atoms with Gasteiger partial charge in [-0.2, -0.15) is 0 Å². The summed E-state index contributed by atoms with van der Waals surface area (Å²) < 4.78 is 11.2. The molecule has 0 radical (unpaired) electrons. The maximum atomic E-state index is 10.4. The topological polar surface area (TPSA) is 50.7 Å². The first-order valence-corrected chi connectivity index (χ1v) is 7.97. The highest BCUT2D eigenvalue weighted by Gasteiger charge is 2.24. The number of ether oxygens (including phenoxy) is 2. The van der Waals surface area contributed by atoms with Crippen molar-refractivity contribution < 1.29 is 14.6 Å².